The van der Waals surface area contributed by atoms with Gasteiger partial charge in [-0.15, -0.1) is 11.6 Å². The van der Waals surface area contributed by atoms with E-state index in [1.165, 1.54) is 16.7 Å². The van der Waals surface area contributed by atoms with Gasteiger partial charge in [0.25, 0.3) is 0 Å². The van der Waals surface area contributed by atoms with E-state index in [4.69, 9.17) is 16.3 Å². The Kier molecular flexibility index (Phi) is 3.32. The highest BCUT2D eigenvalue weighted by atomic mass is 35.5. The molecule has 0 amide bonds. The fourth-order valence-corrected chi connectivity index (χ4v) is 2.35. The summed E-state index contributed by atoms with van der Waals surface area (Å²) in [6.07, 6.45) is 2.11. The van der Waals surface area contributed by atoms with Crippen molar-refractivity contribution in [2.24, 2.45) is 0 Å². The van der Waals surface area contributed by atoms with E-state index >= 15 is 0 Å². The molecule has 0 spiro atoms. The molecule has 2 unspecified atom stereocenters. The summed E-state index contributed by atoms with van der Waals surface area (Å²) in [5.74, 6) is 0. The Balaban J connectivity index is 2.24. The van der Waals surface area contributed by atoms with Gasteiger partial charge in [0.15, 0.2) is 0 Å². The molecule has 1 aliphatic heterocycles. The van der Waals surface area contributed by atoms with Crippen molar-refractivity contribution in [2.75, 3.05) is 6.61 Å². The largest absolute Gasteiger partial charge is 0.373 e. The number of benzene rings is 1. The minimum Gasteiger partial charge on any atom is -0.373 e. The van der Waals surface area contributed by atoms with Crippen molar-refractivity contribution in [1.29, 1.82) is 0 Å². The molecule has 82 valence electrons. The summed E-state index contributed by atoms with van der Waals surface area (Å²) in [5.41, 5.74) is 3.97. The first-order valence-electron chi connectivity index (χ1n) is 5.50. The lowest BCUT2D eigenvalue weighted by atomic mass is 9.95. The third-order valence-corrected chi connectivity index (χ3v) is 3.61. The predicted molar refractivity (Wildman–Crippen MR) is 63.5 cm³/mol. The van der Waals surface area contributed by atoms with Crippen molar-refractivity contribution in [1.82, 2.24) is 0 Å². The summed E-state index contributed by atoms with van der Waals surface area (Å²) in [6, 6.07) is 6.39. The van der Waals surface area contributed by atoms with Gasteiger partial charge in [-0.25, -0.2) is 0 Å². The minimum atomic E-state index is 0.196. The van der Waals surface area contributed by atoms with Gasteiger partial charge in [0.1, 0.15) is 0 Å². The number of hydrogen-bond donors (Lipinski definition) is 0. The molecule has 1 nitrogen and oxygen atoms in total. The number of alkyl halides is 1. The van der Waals surface area contributed by atoms with E-state index in [1.807, 2.05) is 0 Å². The molecule has 1 aromatic rings. The van der Waals surface area contributed by atoms with E-state index in [1.54, 1.807) is 0 Å². The van der Waals surface area contributed by atoms with Gasteiger partial charge >= 0.3 is 0 Å². The average Bonchev–Trinajstić information content (AvgIpc) is 2.22. The van der Waals surface area contributed by atoms with Crippen LogP contribution in [0.15, 0.2) is 18.2 Å². The van der Waals surface area contributed by atoms with Crippen molar-refractivity contribution in [3.8, 4) is 0 Å². The fraction of sp³-hybridized carbons (Fsp3) is 0.538. The Bertz CT molecular complexity index is 348. The van der Waals surface area contributed by atoms with Crippen LogP contribution in [0, 0.1) is 13.8 Å². The van der Waals surface area contributed by atoms with Crippen LogP contribution in [0.2, 0.25) is 0 Å². The highest BCUT2D eigenvalue weighted by Gasteiger charge is 2.23. The van der Waals surface area contributed by atoms with E-state index < -0.39 is 0 Å². The Morgan fingerprint density at radius 2 is 2.13 bits per heavy atom. The Morgan fingerprint density at radius 3 is 2.87 bits per heavy atom. The maximum absolute atomic E-state index is 6.17. The molecule has 1 aliphatic rings. The molecule has 0 N–H and O–H groups in total. The Labute approximate surface area is 96.4 Å². The van der Waals surface area contributed by atoms with Gasteiger partial charge in [-0.2, -0.15) is 0 Å². The molecule has 0 aromatic heterocycles. The summed E-state index contributed by atoms with van der Waals surface area (Å²) in [6.45, 7) is 5.08. The molecule has 1 heterocycles. The van der Waals surface area contributed by atoms with Crippen LogP contribution in [0.4, 0.5) is 0 Å². The van der Waals surface area contributed by atoms with E-state index in [0.717, 1.165) is 19.4 Å². The summed E-state index contributed by atoms with van der Waals surface area (Å²) in [7, 11) is 0. The lowest BCUT2D eigenvalue weighted by Crippen LogP contribution is -2.20. The van der Waals surface area contributed by atoms with Gasteiger partial charge in [-0.1, -0.05) is 18.2 Å². The number of ether oxygens (including phenoxy) is 1. The van der Waals surface area contributed by atoms with Crippen LogP contribution in [-0.2, 0) is 4.74 Å². The second-order valence-electron chi connectivity index (χ2n) is 4.27. The summed E-state index contributed by atoms with van der Waals surface area (Å²) >= 11 is 6.17. The first kappa shape index (κ1) is 11.0. The van der Waals surface area contributed by atoms with Crippen LogP contribution in [0.3, 0.4) is 0 Å². The first-order chi connectivity index (χ1) is 7.18. The molecule has 0 aliphatic carbocycles. The number of aryl methyl sites for hydroxylation is 1. The van der Waals surface area contributed by atoms with Crippen LogP contribution < -0.4 is 0 Å². The molecule has 1 saturated heterocycles. The third-order valence-electron chi connectivity index (χ3n) is 3.21. The summed E-state index contributed by atoms with van der Waals surface area (Å²) in [5, 5.41) is 0.267. The van der Waals surface area contributed by atoms with E-state index in [9.17, 15) is 0 Å². The monoisotopic (exact) mass is 224 g/mol. The standard InChI is InChI=1S/C13H17ClO/c1-9-4-3-5-12(10(9)2)13-8-11(14)6-7-15-13/h3-5,11,13H,6-8H2,1-2H3. The zero-order chi connectivity index (χ0) is 10.8. The lowest BCUT2D eigenvalue weighted by Gasteiger charge is -2.27. The molecule has 2 atom stereocenters. The lowest BCUT2D eigenvalue weighted by molar-refractivity contribution is 0.0165. The molecule has 1 aromatic carbocycles. The van der Waals surface area contributed by atoms with Gasteiger partial charge in [-0.3, -0.25) is 0 Å². The second-order valence-corrected chi connectivity index (χ2v) is 4.89. The molecule has 1 fully saturated rings. The van der Waals surface area contributed by atoms with Crippen molar-refractivity contribution in [3.63, 3.8) is 0 Å². The van der Waals surface area contributed by atoms with Crippen molar-refractivity contribution < 1.29 is 4.74 Å². The van der Waals surface area contributed by atoms with E-state index in [0.29, 0.717) is 0 Å². The molecular formula is C13H17ClO. The Hall–Kier alpha value is -0.530. The third kappa shape index (κ3) is 2.35. The maximum atomic E-state index is 6.17. The Morgan fingerprint density at radius 1 is 1.33 bits per heavy atom. The quantitative estimate of drug-likeness (QED) is 0.660. The van der Waals surface area contributed by atoms with Crippen molar-refractivity contribution >= 4 is 11.6 Å². The van der Waals surface area contributed by atoms with Crippen LogP contribution in [0.25, 0.3) is 0 Å². The molecule has 2 rings (SSSR count). The maximum Gasteiger partial charge on any atom is 0.0841 e. The van der Waals surface area contributed by atoms with Crippen LogP contribution in [0.1, 0.15) is 35.6 Å². The average molecular weight is 225 g/mol. The number of hydrogen-bond acceptors (Lipinski definition) is 1. The zero-order valence-corrected chi connectivity index (χ0v) is 10.1. The summed E-state index contributed by atoms with van der Waals surface area (Å²) in [4.78, 5) is 0. The smallest absolute Gasteiger partial charge is 0.0841 e. The number of halogens is 1. The highest BCUT2D eigenvalue weighted by Crippen LogP contribution is 2.33. The molecular weight excluding hydrogens is 208 g/mol. The first-order valence-corrected chi connectivity index (χ1v) is 5.94. The highest BCUT2D eigenvalue weighted by molar-refractivity contribution is 6.20. The van der Waals surface area contributed by atoms with Gasteiger partial charge in [0, 0.05) is 12.0 Å². The van der Waals surface area contributed by atoms with Crippen LogP contribution in [0.5, 0.6) is 0 Å². The molecule has 0 saturated carbocycles. The molecule has 2 heteroatoms. The molecule has 0 radical (unpaired) electrons. The normalized spacial score (nSPS) is 26.6. The second kappa shape index (κ2) is 4.54. The van der Waals surface area contributed by atoms with Crippen molar-refractivity contribution in [2.45, 2.75) is 38.2 Å². The van der Waals surface area contributed by atoms with E-state index in [2.05, 4.69) is 32.0 Å². The molecule has 15 heavy (non-hydrogen) atoms. The predicted octanol–water partition coefficient (Wildman–Crippen LogP) is 3.76. The molecule has 0 bridgehead atoms. The number of rotatable bonds is 1. The van der Waals surface area contributed by atoms with Gasteiger partial charge in [0.05, 0.1) is 6.10 Å². The SMILES string of the molecule is Cc1cccc(C2CC(Cl)CCO2)c1C. The van der Waals surface area contributed by atoms with E-state index in [-0.39, 0.29) is 11.5 Å². The summed E-state index contributed by atoms with van der Waals surface area (Å²) < 4.78 is 5.79. The van der Waals surface area contributed by atoms with Crippen LogP contribution in [-0.4, -0.2) is 12.0 Å². The van der Waals surface area contributed by atoms with Gasteiger partial charge in [-0.05, 0) is 43.4 Å². The zero-order valence-electron chi connectivity index (χ0n) is 9.29. The minimum absolute atomic E-state index is 0.196. The van der Waals surface area contributed by atoms with Gasteiger partial charge < -0.3 is 4.74 Å². The fourth-order valence-electron chi connectivity index (χ4n) is 2.10. The van der Waals surface area contributed by atoms with Crippen LogP contribution >= 0.6 is 11.6 Å². The van der Waals surface area contributed by atoms with Gasteiger partial charge in [0.2, 0.25) is 0 Å². The van der Waals surface area contributed by atoms with Crippen molar-refractivity contribution in [3.05, 3.63) is 34.9 Å². The topological polar surface area (TPSA) is 9.23 Å².